The Morgan fingerprint density at radius 2 is 2.00 bits per heavy atom. The number of nitrogens with zero attached hydrogens (tertiary/aromatic N) is 3. The van der Waals surface area contributed by atoms with Crippen molar-refractivity contribution in [2.45, 2.75) is 50.4 Å². The summed E-state index contributed by atoms with van der Waals surface area (Å²) in [6.45, 7) is 2.98. The maximum atomic E-state index is 14.1. The fourth-order valence-corrected chi connectivity index (χ4v) is 6.58. The zero-order valence-electron chi connectivity index (χ0n) is 19.2. The minimum Gasteiger partial charge on any atom is -0.493 e. The van der Waals surface area contributed by atoms with Gasteiger partial charge in [-0.1, -0.05) is 48.0 Å². The minimum atomic E-state index is -0.373. The predicted molar refractivity (Wildman–Crippen MR) is 132 cm³/mol. The number of halogens is 2. The number of para-hydroxylation sites is 1. The first kappa shape index (κ1) is 23.5. The molecule has 34 heavy (non-hydrogen) atoms. The van der Waals surface area contributed by atoms with Crippen LogP contribution in [0.4, 0.5) is 4.39 Å². The number of hydrogen-bond acceptors (Lipinski definition) is 5. The molecule has 4 atom stereocenters. The molecule has 0 N–H and O–H groups in total. The van der Waals surface area contributed by atoms with Crippen LogP contribution in [0.15, 0.2) is 53.7 Å². The maximum absolute atomic E-state index is 14.1. The van der Waals surface area contributed by atoms with Gasteiger partial charge in [0.2, 0.25) is 0 Å². The highest BCUT2D eigenvalue weighted by molar-refractivity contribution is 7.99. The lowest BCUT2D eigenvalue weighted by Gasteiger charge is -2.30. The van der Waals surface area contributed by atoms with Gasteiger partial charge in [0.25, 0.3) is 0 Å². The fraction of sp³-hybridized carbons (Fsp3) is 0.462. The Hall–Kier alpha value is -2.25. The van der Waals surface area contributed by atoms with Gasteiger partial charge >= 0.3 is 0 Å². The smallest absolute Gasteiger partial charge is 0.191 e. The highest BCUT2D eigenvalue weighted by atomic mass is 35.5. The Balaban J connectivity index is 1.29. The van der Waals surface area contributed by atoms with E-state index in [1.807, 2.05) is 24.3 Å². The lowest BCUT2D eigenvalue weighted by Crippen LogP contribution is -2.24. The Labute approximate surface area is 209 Å². The van der Waals surface area contributed by atoms with Gasteiger partial charge in [0, 0.05) is 16.8 Å². The summed E-state index contributed by atoms with van der Waals surface area (Å²) in [6, 6.07) is 14.1. The van der Waals surface area contributed by atoms with Crippen molar-refractivity contribution in [1.82, 2.24) is 14.8 Å². The molecule has 1 aromatic heterocycles. The van der Waals surface area contributed by atoms with Gasteiger partial charge in [-0.15, -0.1) is 10.2 Å². The van der Waals surface area contributed by atoms with Gasteiger partial charge in [0.05, 0.1) is 6.61 Å². The number of rotatable bonds is 10. The molecule has 8 heteroatoms. The standard InChI is InChI=1S/C26H29ClFN3O2S/c1-17(22-14-18-9-10-19(22)13-18)31-25(16-33-24-8-3-2-7-23(24)28)29-30-26(31)34-12-11-32-21-6-4-5-20(27)15-21/h2-8,15,17-19,22H,9-14,16H2,1H3/t17-,18-,19-,22-/m1/s1. The van der Waals surface area contributed by atoms with Crippen LogP contribution in [0.2, 0.25) is 5.02 Å². The molecule has 0 unspecified atom stereocenters. The van der Waals surface area contributed by atoms with Crippen molar-refractivity contribution in [1.29, 1.82) is 0 Å². The van der Waals surface area contributed by atoms with E-state index >= 15 is 0 Å². The number of hydrogen-bond donors (Lipinski definition) is 0. The van der Waals surface area contributed by atoms with E-state index in [0.29, 0.717) is 17.5 Å². The molecule has 3 aromatic rings. The average Bonchev–Trinajstić information content (AvgIpc) is 3.57. The normalized spacial score (nSPS) is 22.1. The van der Waals surface area contributed by atoms with E-state index in [-0.39, 0.29) is 24.2 Å². The predicted octanol–water partition coefficient (Wildman–Crippen LogP) is 6.82. The average molecular weight is 502 g/mol. The molecule has 0 saturated heterocycles. The van der Waals surface area contributed by atoms with Crippen LogP contribution >= 0.6 is 23.4 Å². The molecule has 2 bridgehead atoms. The van der Waals surface area contributed by atoms with E-state index in [2.05, 4.69) is 21.7 Å². The third-order valence-corrected chi connectivity index (χ3v) is 8.27. The summed E-state index contributed by atoms with van der Waals surface area (Å²) in [4.78, 5) is 0. The van der Waals surface area contributed by atoms with Crippen LogP contribution < -0.4 is 9.47 Å². The quantitative estimate of drug-likeness (QED) is 0.225. The van der Waals surface area contributed by atoms with Crippen molar-refractivity contribution in [3.05, 3.63) is 65.2 Å². The zero-order chi connectivity index (χ0) is 23.5. The molecule has 180 valence electrons. The first-order valence-corrected chi connectivity index (χ1v) is 13.3. The van der Waals surface area contributed by atoms with E-state index in [0.717, 1.165) is 34.3 Å². The summed E-state index contributed by atoms with van der Waals surface area (Å²) in [7, 11) is 0. The Morgan fingerprint density at radius 1 is 1.12 bits per heavy atom. The van der Waals surface area contributed by atoms with Gasteiger partial charge in [-0.05, 0) is 74.3 Å². The molecule has 2 aliphatic rings. The number of thioether (sulfide) groups is 1. The summed E-state index contributed by atoms with van der Waals surface area (Å²) in [6.07, 6.45) is 5.29. The summed E-state index contributed by atoms with van der Waals surface area (Å²) >= 11 is 7.67. The monoisotopic (exact) mass is 501 g/mol. The highest BCUT2D eigenvalue weighted by Gasteiger charge is 2.43. The van der Waals surface area contributed by atoms with E-state index in [1.54, 1.807) is 30.0 Å². The molecule has 5 nitrogen and oxygen atoms in total. The third kappa shape index (κ3) is 5.20. The molecule has 0 aliphatic heterocycles. The first-order chi connectivity index (χ1) is 16.6. The second kappa shape index (κ2) is 10.6. The number of ether oxygens (including phenoxy) is 2. The summed E-state index contributed by atoms with van der Waals surface area (Å²) in [5.41, 5.74) is 0. The van der Waals surface area contributed by atoms with Crippen LogP contribution in [0.5, 0.6) is 11.5 Å². The minimum absolute atomic E-state index is 0.179. The summed E-state index contributed by atoms with van der Waals surface area (Å²) in [5, 5.41) is 10.5. The van der Waals surface area contributed by atoms with Crippen molar-refractivity contribution >= 4 is 23.4 Å². The highest BCUT2D eigenvalue weighted by Crippen LogP contribution is 2.52. The topological polar surface area (TPSA) is 49.2 Å². The van der Waals surface area contributed by atoms with Gasteiger partial charge in [-0.25, -0.2) is 4.39 Å². The second-order valence-corrected chi connectivity index (χ2v) is 10.7. The van der Waals surface area contributed by atoms with Crippen LogP contribution in [-0.2, 0) is 6.61 Å². The van der Waals surface area contributed by atoms with Gasteiger partial charge in [-0.3, -0.25) is 4.57 Å². The van der Waals surface area contributed by atoms with Gasteiger partial charge < -0.3 is 9.47 Å². The fourth-order valence-electron chi connectivity index (χ4n) is 5.54. The van der Waals surface area contributed by atoms with Crippen LogP contribution in [-0.4, -0.2) is 27.1 Å². The van der Waals surface area contributed by atoms with E-state index in [9.17, 15) is 4.39 Å². The Morgan fingerprint density at radius 3 is 2.76 bits per heavy atom. The zero-order valence-corrected chi connectivity index (χ0v) is 20.8. The van der Waals surface area contributed by atoms with Crippen LogP contribution in [0.25, 0.3) is 0 Å². The molecule has 2 aliphatic carbocycles. The number of fused-ring (bicyclic) bond motifs is 2. The number of benzene rings is 2. The SMILES string of the molecule is C[C@H]([C@H]1C[C@@H]2CC[C@@H]1C2)n1c(COc2ccccc2F)nnc1SCCOc1cccc(Cl)c1. The molecule has 2 saturated carbocycles. The van der Waals surface area contributed by atoms with Crippen molar-refractivity contribution in [2.75, 3.05) is 12.4 Å². The molecule has 1 heterocycles. The molecule has 0 radical (unpaired) electrons. The molecule has 2 fully saturated rings. The molecule has 2 aromatic carbocycles. The lowest BCUT2D eigenvalue weighted by atomic mass is 9.84. The van der Waals surface area contributed by atoms with Crippen molar-refractivity contribution in [2.24, 2.45) is 17.8 Å². The van der Waals surface area contributed by atoms with Gasteiger partial charge in [-0.2, -0.15) is 0 Å². The van der Waals surface area contributed by atoms with E-state index < -0.39 is 0 Å². The van der Waals surface area contributed by atoms with Crippen LogP contribution in [0.1, 0.15) is 44.5 Å². The first-order valence-electron chi connectivity index (χ1n) is 11.9. The summed E-state index contributed by atoms with van der Waals surface area (Å²) in [5.74, 6) is 4.31. The van der Waals surface area contributed by atoms with Gasteiger partial charge in [0.1, 0.15) is 12.4 Å². The van der Waals surface area contributed by atoms with Crippen LogP contribution in [0.3, 0.4) is 0 Å². The third-order valence-electron chi connectivity index (χ3n) is 7.13. The van der Waals surface area contributed by atoms with Gasteiger partial charge in [0.15, 0.2) is 22.5 Å². The lowest BCUT2D eigenvalue weighted by molar-refractivity contribution is 0.215. The van der Waals surface area contributed by atoms with E-state index in [4.69, 9.17) is 21.1 Å². The molecule has 5 rings (SSSR count). The molecule has 0 amide bonds. The van der Waals surface area contributed by atoms with E-state index in [1.165, 1.54) is 31.7 Å². The summed E-state index contributed by atoms with van der Waals surface area (Å²) < 4.78 is 27.9. The molecule has 0 spiro atoms. The van der Waals surface area contributed by atoms with Crippen molar-refractivity contribution < 1.29 is 13.9 Å². The molecular formula is C26H29ClFN3O2S. The van der Waals surface area contributed by atoms with Crippen molar-refractivity contribution in [3.63, 3.8) is 0 Å². The van der Waals surface area contributed by atoms with Crippen molar-refractivity contribution in [3.8, 4) is 11.5 Å². The Kier molecular flexibility index (Phi) is 7.30. The maximum Gasteiger partial charge on any atom is 0.191 e. The second-order valence-electron chi connectivity index (χ2n) is 9.22. The van der Waals surface area contributed by atoms with Crippen LogP contribution in [0, 0.1) is 23.6 Å². The molecular weight excluding hydrogens is 473 g/mol. The number of aromatic nitrogens is 3. The largest absolute Gasteiger partial charge is 0.493 e. The Bertz CT molecular complexity index is 1130.